The van der Waals surface area contributed by atoms with Gasteiger partial charge in [0.1, 0.15) is 10.6 Å². The van der Waals surface area contributed by atoms with Gasteiger partial charge in [-0.1, -0.05) is 13.3 Å². The van der Waals surface area contributed by atoms with Crippen LogP contribution in [0.1, 0.15) is 40.5 Å². The van der Waals surface area contributed by atoms with Crippen molar-refractivity contribution in [3.63, 3.8) is 0 Å². The highest BCUT2D eigenvalue weighted by molar-refractivity contribution is 7.18. The monoisotopic (exact) mass is 396 g/mol. The van der Waals surface area contributed by atoms with Crippen LogP contribution in [-0.4, -0.2) is 37.6 Å². The Morgan fingerprint density at radius 3 is 2.78 bits per heavy atom. The fourth-order valence-electron chi connectivity index (χ4n) is 3.18. The molecule has 1 aliphatic heterocycles. The summed E-state index contributed by atoms with van der Waals surface area (Å²) >= 11 is 1.50. The van der Waals surface area contributed by atoms with E-state index in [9.17, 15) is 18.0 Å². The van der Waals surface area contributed by atoms with Crippen molar-refractivity contribution in [2.45, 2.75) is 39.0 Å². The zero-order chi connectivity index (χ0) is 19.2. The van der Waals surface area contributed by atoms with Crippen LogP contribution in [0.2, 0.25) is 0 Å². The van der Waals surface area contributed by atoms with E-state index in [-0.39, 0.29) is 24.7 Å². The van der Waals surface area contributed by atoms with Gasteiger partial charge in [-0.15, -0.1) is 21.5 Å². The summed E-state index contributed by atoms with van der Waals surface area (Å²) in [6.07, 6.45) is -2.09. The lowest BCUT2D eigenvalue weighted by Gasteiger charge is -2.29. The molecule has 0 unspecified atom stereocenters. The summed E-state index contributed by atoms with van der Waals surface area (Å²) in [5.74, 6) is -0.162. The normalized spacial score (nSPS) is 14.6. The molecular formula is C16H15F3N6OS. The van der Waals surface area contributed by atoms with E-state index in [2.05, 4.69) is 27.1 Å². The summed E-state index contributed by atoms with van der Waals surface area (Å²) < 4.78 is 40.1. The third kappa shape index (κ3) is 3.15. The highest BCUT2D eigenvalue weighted by Crippen LogP contribution is 2.34. The molecular weight excluding hydrogens is 381 g/mol. The van der Waals surface area contributed by atoms with Gasteiger partial charge in [-0.25, -0.2) is 9.97 Å². The molecule has 0 saturated carbocycles. The van der Waals surface area contributed by atoms with Crippen LogP contribution in [0.15, 0.2) is 6.07 Å². The smallest absolute Gasteiger partial charge is 0.347 e. The number of alkyl halides is 3. The van der Waals surface area contributed by atoms with Crippen LogP contribution >= 0.6 is 11.3 Å². The molecule has 11 heteroatoms. The van der Waals surface area contributed by atoms with Gasteiger partial charge >= 0.3 is 6.18 Å². The van der Waals surface area contributed by atoms with E-state index >= 15 is 0 Å². The molecule has 0 aromatic carbocycles. The maximum Gasteiger partial charge on any atom is 0.451 e. The second-order valence-electron chi connectivity index (χ2n) is 6.22. The zero-order valence-electron chi connectivity index (χ0n) is 14.3. The Kier molecular flexibility index (Phi) is 4.33. The molecule has 0 spiro atoms. The van der Waals surface area contributed by atoms with Crippen molar-refractivity contribution in [3.05, 3.63) is 28.4 Å². The van der Waals surface area contributed by atoms with Gasteiger partial charge in [0.05, 0.1) is 11.9 Å². The molecule has 0 fully saturated rings. The van der Waals surface area contributed by atoms with Crippen molar-refractivity contribution >= 4 is 33.7 Å². The number of hydrogen-bond donors (Lipinski definition) is 0. The number of rotatable bonds is 4. The number of hydrogen-bond acceptors (Lipinski definition) is 7. The van der Waals surface area contributed by atoms with E-state index in [0.29, 0.717) is 23.5 Å². The van der Waals surface area contributed by atoms with E-state index in [0.717, 1.165) is 27.7 Å². The third-order valence-electron chi connectivity index (χ3n) is 4.35. The number of fused-ring (bicyclic) bond motifs is 2. The summed E-state index contributed by atoms with van der Waals surface area (Å²) in [6, 6.07) is 1.99. The fraction of sp³-hybridized carbons (Fsp3) is 0.438. The minimum Gasteiger partial charge on any atom is -0.347 e. The number of aldehydes is 1. The standard InChI is InChI=1S/C16H15F3N6OS/c1-2-3-9-6-10-13(20-11(8-26)21-14(10)27-9)24-4-5-25-12(7-24)22-23-15(25)16(17,18)19/h6,8H,2-5,7H2,1H3. The van der Waals surface area contributed by atoms with Crippen molar-refractivity contribution in [1.29, 1.82) is 0 Å². The largest absolute Gasteiger partial charge is 0.451 e. The minimum absolute atomic E-state index is 0.0606. The van der Waals surface area contributed by atoms with E-state index in [4.69, 9.17) is 0 Å². The number of nitrogens with zero attached hydrogens (tertiary/aromatic N) is 6. The first kappa shape index (κ1) is 17.8. The van der Waals surface area contributed by atoms with Gasteiger partial charge in [0.2, 0.25) is 5.82 Å². The molecule has 27 heavy (non-hydrogen) atoms. The molecule has 0 amide bonds. The van der Waals surface area contributed by atoms with Crippen LogP contribution in [0.5, 0.6) is 0 Å². The summed E-state index contributed by atoms with van der Waals surface area (Å²) in [4.78, 5) is 23.5. The first-order valence-electron chi connectivity index (χ1n) is 8.40. The van der Waals surface area contributed by atoms with Crippen molar-refractivity contribution in [2.75, 3.05) is 11.4 Å². The first-order chi connectivity index (χ1) is 12.9. The van der Waals surface area contributed by atoms with Crippen molar-refractivity contribution in [1.82, 2.24) is 24.7 Å². The number of carbonyl (C=O) groups excluding carboxylic acids is 1. The molecule has 0 radical (unpaired) electrons. The second kappa shape index (κ2) is 6.55. The lowest BCUT2D eigenvalue weighted by Crippen LogP contribution is -2.36. The van der Waals surface area contributed by atoms with Gasteiger partial charge in [0, 0.05) is 18.0 Å². The van der Waals surface area contributed by atoms with Crippen LogP contribution in [0.4, 0.5) is 19.0 Å². The number of halogens is 3. The fourth-order valence-corrected chi connectivity index (χ4v) is 4.31. The number of carbonyl (C=O) groups is 1. The van der Waals surface area contributed by atoms with Gasteiger partial charge in [-0.3, -0.25) is 4.79 Å². The molecule has 4 heterocycles. The minimum atomic E-state index is -4.54. The third-order valence-corrected chi connectivity index (χ3v) is 5.44. The van der Waals surface area contributed by atoms with E-state index < -0.39 is 12.0 Å². The van der Waals surface area contributed by atoms with E-state index in [1.807, 2.05) is 11.0 Å². The average Bonchev–Trinajstić information content (AvgIpc) is 3.23. The molecule has 0 aliphatic carbocycles. The van der Waals surface area contributed by atoms with Crippen molar-refractivity contribution in [3.8, 4) is 0 Å². The number of anilines is 1. The molecule has 3 aromatic heterocycles. The van der Waals surface area contributed by atoms with E-state index in [1.54, 1.807) is 0 Å². The van der Waals surface area contributed by atoms with Crippen LogP contribution in [0.25, 0.3) is 10.2 Å². The Bertz CT molecular complexity index is 1010. The highest BCUT2D eigenvalue weighted by Gasteiger charge is 2.39. The quantitative estimate of drug-likeness (QED) is 0.631. The van der Waals surface area contributed by atoms with Crippen molar-refractivity contribution < 1.29 is 18.0 Å². The van der Waals surface area contributed by atoms with Gasteiger partial charge in [-0.05, 0) is 12.5 Å². The molecule has 3 aromatic rings. The van der Waals surface area contributed by atoms with Crippen LogP contribution in [-0.2, 0) is 25.7 Å². The Balaban J connectivity index is 1.74. The second-order valence-corrected chi connectivity index (χ2v) is 7.33. The SMILES string of the molecule is CCCc1cc2c(N3CCn4c(nnc4C(F)(F)F)C3)nc(C=O)nc2s1. The summed E-state index contributed by atoms with van der Waals surface area (Å²) in [6.45, 7) is 2.60. The van der Waals surface area contributed by atoms with Gasteiger partial charge in [0.15, 0.2) is 17.9 Å². The molecule has 0 bridgehead atoms. The first-order valence-corrected chi connectivity index (χ1v) is 9.22. The Morgan fingerprint density at radius 2 is 2.07 bits per heavy atom. The lowest BCUT2D eigenvalue weighted by atomic mass is 10.2. The van der Waals surface area contributed by atoms with Gasteiger partial charge < -0.3 is 9.47 Å². The van der Waals surface area contributed by atoms with Crippen LogP contribution in [0, 0.1) is 0 Å². The molecule has 0 N–H and O–H groups in total. The maximum atomic E-state index is 13.0. The summed E-state index contributed by atoms with van der Waals surface area (Å²) in [5, 5.41) is 7.80. The Labute approximate surface area is 155 Å². The molecule has 1 aliphatic rings. The highest BCUT2D eigenvalue weighted by atomic mass is 32.1. The topological polar surface area (TPSA) is 76.8 Å². The number of thiophene rings is 1. The Morgan fingerprint density at radius 1 is 1.26 bits per heavy atom. The van der Waals surface area contributed by atoms with Gasteiger partial charge in [0.25, 0.3) is 0 Å². The van der Waals surface area contributed by atoms with Gasteiger partial charge in [-0.2, -0.15) is 13.2 Å². The molecule has 0 saturated heterocycles. The summed E-state index contributed by atoms with van der Waals surface area (Å²) in [5.41, 5.74) is 0. The Hall–Kier alpha value is -2.56. The molecule has 7 nitrogen and oxygen atoms in total. The number of aryl methyl sites for hydroxylation is 1. The molecule has 4 rings (SSSR count). The molecule has 0 atom stereocenters. The zero-order valence-corrected chi connectivity index (χ0v) is 15.1. The lowest BCUT2D eigenvalue weighted by molar-refractivity contribution is -0.147. The average molecular weight is 396 g/mol. The predicted octanol–water partition coefficient (Wildman–Crippen LogP) is 3.09. The van der Waals surface area contributed by atoms with E-state index in [1.165, 1.54) is 11.3 Å². The van der Waals surface area contributed by atoms with Crippen molar-refractivity contribution in [2.24, 2.45) is 0 Å². The van der Waals surface area contributed by atoms with Crippen LogP contribution in [0.3, 0.4) is 0 Å². The maximum absolute atomic E-state index is 13.0. The van der Waals surface area contributed by atoms with Crippen LogP contribution < -0.4 is 4.90 Å². The number of aromatic nitrogens is 5. The molecule has 142 valence electrons. The summed E-state index contributed by atoms with van der Waals surface area (Å²) in [7, 11) is 0. The predicted molar refractivity (Wildman–Crippen MR) is 92.9 cm³/mol.